The molecule has 0 aromatic carbocycles. The highest BCUT2D eigenvalue weighted by Crippen LogP contribution is 2.20. The van der Waals surface area contributed by atoms with Crippen LogP contribution < -0.4 is 0 Å². The topological polar surface area (TPSA) is 40.5 Å². The number of carbonyl (C=O) groups excluding carboxylic acids is 1. The lowest BCUT2D eigenvalue weighted by molar-refractivity contribution is -0.112. The number of aliphatic hydroxyl groups is 1. The number of carbonyl (C=O) groups is 1. The van der Waals surface area contributed by atoms with Crippen molar-refractivity contribution in [3.8, 4) is 0 Å². The van der Waals surface area contributed by atoms with Gasteiger partial charge in [0.05, 0.1) is 12.1 Å². The van der Waals surface area contributed by atoms with Crippen LogP contribution in [0.3, 0.4) is 0 Å². The number of nitrogens with zero attached hydrogens (tertiary/aromatic N) is 1. The SMILES string of the molecule is C[C@H]1[C@@H](C=O)N(C)C[C@@H]1O. The van der Waals surface area contributed by atoms with Gasteiger partial charge < -0.3 is 9.90 Å². The Morgan fingerprint density at radius 3 is 2.50 bits per heavy atom. The van der Waals surface area contributed by atoms with E-state index in [4.69, 9.17) is 0 Å². The number of rotatable bonds is 1. The summed E-state index contributed by atoms with van der Waals surface area (Å²) in [6, 6.07) is -0.0880. The van der Waals surface area contributed by atoms with Crippen molar-refractivity contribution < 1.29 is 9.90 Å². The fourth-order valence-corrected chi connectivity index (χ4v) is 1.44. The van der Waals surface area contributed by atoms with Crippen molar-refractivity contribution in [3.05, 3.63) is 0 Å². The van der Waals surface area contributed by atoms with Crippen LogP contribution in [0.5, 0.6) is 0 Å². The van der Waals surface area contributed by atoms with E-state index in [1.807, 2.05) is 18.9 Å². The molecule has 1 rings (SSSR count). The van der Waals surface area contributed by atoms with Crippen LogP contribution in [0, 0.1) is 5.92 Å². The minimum absolute atomic E-state index is 0.0856. The maximum atomic E-state index is 10.4. The van der Waals surface area contributed by atoms with E-state index in [9.17, 15) is 9.90 Å². The Kier molecular flexibility index (Phi) is 2.06. The van der Waals surface area contributed by atoms with Gasteiger partial charge in [-0.15, -0.1) is 0 Å². The van der Waals surface area contributed by atoms with Gasteiger partial charge in [0.1, 0.15) is 6.29 Å². The third-order valence-electron chi connectivity index (χ3n) is 2.27. The minimum Gasteiger partial charge on any atom is -0.391 e. The second-order valence-electron chi connectivity index (χ2n) is 2.99. The largest absolute Gasteiger partial charge is 0.391 e. The second kappa shape index (κ2) is 2.68. The molecule has 0 saturated carbocycles. The predicted octanol–water partition coefficient (Wildman–Crippen LogP) is -0.504. The molecule has 3 nitrogen and oxygen atoms in total. The van der Waals surface area contributed by atoms with Crippen molar-refractivity contribution in [1.82, 2.24) is 4.90 Å². The Bertz CT molecular complexity index is 138. The van der Waals surface area contributed by atoms with Crippen molar-refractivity contribution in [3.63, 3.8) is 0 Å². The lowest BCUT2D eigenvalue weighted by atomic mass is 10.0. The minimum atomic E-state index is -0.333. The van der Waals surface area contributed by atoms with Gasteiger partial charge in [0, 0.05) is 12.5 Å². The number of aldehydes is 1. The monoisotopic (exact) mass is 143 g/mol. The molecule has 10 heavy (non-hydrogen) atoms. The van der Waals surface area contributed by atoms with Gasteiger partial charge in [-0.1, -0.05) is 6.92 Å². The molecule has 0 spiro atoms. The van der Waals surface area contributed by atoms with Gasteiger partial charge in [-0.2, -0.15) is 0 Å². The third-order valence-corrected chi connectivity index (χ3v) is 2.27. The Hall–Kier alpha value is -0.410. The first kappa shape index (κ1) is 7.69. The summed E-state index contributed by atoms with van der Waals surface area (Å²) in [5.74, 6) is 0.0856. The summed E-state index contributed by atoms with van der Waals surface area (Å²) < 4.78 is 0. The average Bonchev–Trinajstić information content (AvgIpc) is 2.09. The third kappa shape index (κ3) is 1.07. The van der Waals surface area contributed by atoms with E-state index in [-0.39, 0.29) is 18.1 Å². The maximum absolute atomic E-state index is 10.4. The molecular formula is C7H13NO2. The summed E-state index contributed by atoms with van der Waals surface area (Å²) >= 11 is 0. The number of β-amino-alcohol motifs (C(OH)–C–C–N with tert-alkyl or cyclic N) is 1. The fourth-order valence-electron chi connectivity index (χ4n) is 1.44. The molecule has 0 unspecified atom stereocenters. The lowest BCUT2D eigenvalue weighted by Crippen LogP contribution is -2.29. The second-order valence-corrected chi connectivity index (χ2v) is 2.99. The Morgan fingerprint density at radius 1 is 1.70 bits per heavy atom. The van der Waals surface area contributed by atoms with Gasteiger partial charge in [0.15, 0.2) is 0 Å². The van der Waals surface area contributed by atoms with Crippen molar-refractivity contribution in [2.24, 2.45) is 5.92 Å². The molecule has 58 valence electrons. The zero-order valence-corrected chi connectivity index (χ0v) is 6.32. The van der Waals surface area contributed by atoms with Crippen LogP contribution >= 0.6 is 0 Å². The van der Waals surface area contributed by atoms with E-state index in [1.165, 1.54) is 0 Å². The van der Waals surface area contributed by atoms with Crippen LogP contribution in [0.25, 0.3) is 0 Å². The molecule has 1 N–H and O–H groups in total. The van der Waals surface area contributed by atoms with E-state index in [0.717, 1.165) is 6.29 Å². The highest BCUT2D eigenvalue weighted by molar-refractivity contribution is 5.59. The first-order chi connectivity index (χ1) is 4.66. The van der Waals surface area contributed by atoms with Crippen LogP contribution in [0.15, 0.2) is 0 Å². The van der Waals surface area contributed by atoms with Crippen LogP contribution in [-0.2, 0) is 4.79 Å². The molecule has 0 radical (unpaired) electrons. The fraction of sp³-hybridized carbons (Fsp3) is 0.857. The summed E-state index contributed by atoms with van der Waals surface area (Å²) in [6.45, 7) is 2.51. The summed E-state index contributed by atoms with van der Waals surface area (Å²) in [6.07, 6.45) is 0.571. The number of hydrogen-bond donors (Lipinski definition) is 1. The molecule has 0 aliphatic carbocycles. The van der Waals surface area contributed by atoms with Gasteiger partial charge in [0.2, 0.25) is 0 Å². The van der Waals surface area contributed by atoms with Crippen LogP contribution in [0.1, 0.15) is 6.92 Å². The molecule has 1 aliphatic heterocycles. The van der Waals surface area contributed by atoms with Crippen molar-refractivity contribution in [2.45, 2.75) is 19.1 Å². The lowest BCUT2D eigenvalue weighted by Gasteiger charge is -2.14. The predicted molar refractivity (Wildman–Crippen MR) is 37.7 cm³/mol. The molecule has 0 aromatic rings. The molecule has 1 heterocycles. The molecular weight excluding hydrogens is 130 g/mol. The molecule has 3 atom stereocenters. The first-order valence-corrected chi connectivity index (χ1v) is 3.50. The Morgan fingerprint density at radius 2 is 2.30 bits per heavy atom. The first-order valence-electron chi connectivity index (χ1n) is 3.50. The van der Waals surface area contributed by atoms with Gasteiger partial charge in [-0.3, -0.25) is 4.90 Å². The maximum Gasteiger partial charge on any atom is 0.137 e. The molecule has 1 aliphatic rings. The summed E-state index contributed by atoms with van der Waals surface area (Å²) in [7, 11) is 1.85. The van der Waals surface area contributed by atoms with Crippen LogP contribution in [-0.4, -0.2) is 42.0 Å². The Balaban J connectivity index is 2.63. The average molecular weight is 143 g/mol. The molecule has 0 aromatic heterocycles. The van der Waals surface area contributed by atoms with Gasteiger partial charge in [0.25, 0.3) is 0 Å². The quantitative estimate of drug-likeness (QED) is 0.503. The Labute approximate surface area is 60.6 Å². The zero-order valence-electron chi connectivity index (χ0n) is 6.32. The van der Waals surface area contributed by atoms with E-state index in [0.29, 0.717) is 6.54 Å². The number of likely N-dealkylation sites (N-methyl/N-ethyl adjacent to an activating group) is 1. The molecule has 0 bridgehead atoms. The standard InChI is InChI=1S/C7H13NO2/c1-5-6(4-9)8(2)3-7(5)10/h4-7,10H,3H2,1-2H3/t5-,6+,7-/m0/s1. The van der Waals surface area contributed by atoms with Crippen molar-refractivity contribution >= 4 is 6.29 Å². The van der Waals surface area contributed by atoms with Gasteiger partial charge in [-0.25, -0.2) is 0 Å². The van der Waals surface area contributed by atoms with Crippen LogP contribution in [0.2, 0.25) is 0 Å². The van der Waals surface area contributed by atoms with E-state index < -0.39 is 0 Å². The van der Waals surface area contributed by atoms with E-state index >= 15 is 0 Å². The summed E-state index contributed by atoms with van der Waals surface area (Å²) in [5, 5.41) is 9.27. The normalized spacial score (nSPS) is 42.1. The van der Waals surface area contributed by atoms with E-state index in [2.05, 4.69) is 0 Å². The highest BCUT2D eigenvalue weighted by Gasteiger charge is 2.35. The van der Waals surface area contributed by atoms with E-state index in [1.54, 1.807) is 0 Å². The molecule has 3 heteroatoms. The smallest absolute Gasteiger partial charge is 0.137 e. The van der Waals surface area contributed by atoms with Crippen molar-refractivity contribution in [1.29, 1.82) is 0 Å². The van der Waals surface area contributed by atoms with Gasteiger partial charge >= 0.3 is 0 Å². The van der Waals surface area contributed by atoms with Crippen LogP contribution in [0.4, 0.5) is 0 Å². The molecule has 0 amide bonds. The summed E-state index contributed by atoms with van der Waals surface area (Å²) in [4.78, 5) is 12.3. The number of likely N-dealkylation sites (tertiary alicyclic amines) is 1. The molecule has 1 fully saturated rings. The number of hydrogen-bond acceptors (Lipinski definition) is 3. The zero-order chi connectivity index (χ0) is 7.72. The summed E-state index contributed by atoms with van der Waals surface area (Å²) in [5.41, 5.74) is 0. The number of aliphatic hydroxyl groups excluding tert-OH is 1. The van der Waals surface area contributed by atoms with Crippen molar-refractivity contribution in [2.75, 3.05) is 13.6 Å². The molecule has 1 saturated heterocycles. The highest BCUT2D eigenvalue weighted by atomic mass is 16.3. The van der Waals surface area contributed by atoms with Gasteiger partial charge in [-0.05, 0) is 7.05 Å².